The fourth-order valence-electron chi connectivity index (χ4n) is 1.79. The van der Waals surface area contributed by atoms with Crippen LogP contribution in [-0.4, -0.2) is 4.98 Å². The smallest absolute Gasteiger partial charge is 0.123 e. The first-order valence-corrected chi connectivity index (χ1v) is 6.90. The minimum atomic E-state index is -0.381. The molecule has 2 nitrogen and oxygen atoms in total. The topological polar surface area (TPSA) is 38.9 Å². The molecule has 0 radical (unpaired) electrons. The van der Waals surface area contributed by atoms with E-state index in [1.54, 1.807) is 12.3 Å². The first-order chi connectivity index (χ1) is 8.49. The Morgan fingerprint density at radius 2 is 2.00 bits per heavy atom. The maximum absolute atomic E-state index is 13.1. The SMILES string of the molecule is Cc1cc(F)ccc1C(N)c1ncc(Br)cc1Br. The van der Waals surface area contributed by atoms with Gasteiger partial charge in [0, 0.05) is 15.1 Å². The van der Waals surface area contributed by atoms with Crippen LogP contribution in [0.25, 0.3) is 0 Å². The highest BCUT2D eigenvalue weighted by molar-refractivity contribution is 9.11. The van der Waals surface area contributed by atoms with E-state index in [4.69, 9.17) is 5.73 Å². The lowest BCUT2D eigenvalue weighted by molar-refractivity contribution is 0.624. The van der Waals surface area contributed by atoms with Gasteiger partial charge in [0.2, 0.25) is 0 Å². The molecule has 0 aliphatic heterocycles. The van der Waals surface area contributed by atoms with Gasteiger partial charge in [-0.25, -0.2) is 4.39 Å². The summed E-state index contributed by atoms with van der Waals surface area (Å²) >= 11 is 6.78. The van der Waals surface area contributed by atoms with Crippen molar-refractivity contribution < 1.29 is 4.39 Å². The zero-order valence-electron chi connectivity index (χ0n) is 9.62. The van der Waals surface area contributed by atoms with E-state index >= 15 is 0 Å². The minimum Gasteiger partial charge on any atom is -0.319 e. The van der Waals surface area contributed by atoms with Gasteiger partial charge in [-0.1, -0.05) is 6.07 Å². The number of aromatic nitrogens is 1. The average molecular weight is 374 g/mol. The molecule has 2 rings (SSSR count). The standard InChI is InChI=1S/C13H11Br2FN2/c1-7-4-9(16)2-3-10(7)12(17)13-11(15)5-8(14)6-18-13/h2-6,12H,17H2,1H3. The summed E-state index contributed by atoms with van der Waals surface area (Å²) in [4.78, 5) is 4.31. The molecule has 94 valence electrons. The first kappa shape index (κ1) is 13.6. The maximum Gasteiger partial charge on any atom is 0.123 e. The number of halogens is 3. The number of hydrogen-bond donors (Lipinski definition) is 1. The molecule has 1 unspecified atom stereocenters. The van der Waals surface area contributed by atoms with Crippen LogP contribution in [0.5, 0.6) is 0 Å². The van der Waals surface area contributed by atoms with E-state index in [-0.39, 0.29) is 11.9 Å². The molecular weight excluding hydrogens is 363 g/mol. The van der Waals surface area contributed by atoms with E-state index in [9.17, 15) is 4.39 Å². The van der Waals surface area contributed by atoms with Crippen molar-refractivity contribution >= 4 is 31.9 Å². The molecule has 0 amide bonds. The van der Waals surface area contributed by atoms with Crippen molar-refractivity contribution in [2.45, 2.75) is 13.0 Å². The van der Waals surface area contributed by atoms with Crippen LogP contribution in [0.4, 0.5) is 4.39 Å². The van der Waals surface area contributed by atoms with Gasteiger partial charge < -0.3 is 5.73 Å². The summed E-state index contributed by atoms with van der Waals surface area (Å²) in [5.74, 6) is -0.258. The van der Waals surface area contributed by atoms with Gasteiger partial charge in [-0.15, -0.1) is 0 Å². The van der Waals surface area contributed by atoms with Gasteiger partial charge in [-0.05, 0) is 68.1 Å². The van der Waals surface area contributed by atoms with Crippen LogP contribution in [0, 0.1) is 12.7 Å². The summed E-state index contributed by atoms with van der Waals surface area (Å²) in [7, 11) is 0. The van der Waals surface area contributed by atoms with Crippen molar-refractivity contribution in [2.75, 3.05) is 0 Å². The van der Waals surface area contributed by atoms with Crippen molar-refractivity contribution in [3.05, 3.63) is 62.0 Å². The summed E-state index contributed by atoms with van der Waals surface area (Å²) < 4.78 is 14.8. The number of nitrogens with zero attached hydrogens (tertiary/aromatic N) is 1. The summed E-state index contributed by atoms with van der Waals surface area (Å²) in [6.45, 7) is 1.84. The summed E-state index contributed by atoms with van der Waals surface area (Å²) in [5.41, 5.74) is 8.60. The normalized spacial score (nSPS) is 12.5. The molecule has 0 aliphatic rings. The highest BCUT2D eigenvalue weighted by Gasteiger charge is 2.16. The highest BCUT2D eigenvalue weighted by Crippen LogP contribution is 2.28. The van der Waals surface area contributed by atoms with E-state index in [0.717, 1.165) is 25.8 Å². The van der Waals surface area contributed by atoms with Crippen LogP contribution in [0.1, 0.15) is 22.9 Å². The van der Waals surface area contributed by atoms with Crippen LogP contribution < -0.4 is 5.73 Å². The number of rotatable bonds is 2. The van der Waals surface area contributed by atoms with E-state index in [2.05, 4.69) is 36.8 Å². The van der Waals surface area contributed by atoms with Crippen molar-refractivity contribution in [3.63, 3.8) is 0 Å². The Morgan fingerprint density at radius 3 is 2.61 bits per heavy atom. The lowest BCUT2D eigenvalue weighted by atomic mass is 9.99. The van der Waals surface area contributed by atoms with E-state index in [1.165, 1.54) is 12.1 Å². The number of aryl methyl sites for hydroxylation is 1. The zero-order valence-corrected chi connectivity index (χ0v) is 12.8. The first-order valence-electron chi connectivity index (χ1n) is 5.31. The molecule has 1 heterocycles. The molecule has 18 heavy (non-hydrogen) atoms. The van der Waals surface area contributed by atoms with Gasteiger partial charge in [-0.3, -0.25) is 4.98 Å². The Kier molecular flexibility index (Phi) is 4.14. The molecule has 0 saturated heterocycles. The summed E-state index contributed by atoms with van der Waals surface area (Å²) in [6, 6.07) is 6.09. The molecule has 0 bridgehead atoms. The molecule has 0 fully saturated rings. The Bertz CT molecular complexity index is 536. The van der Waals surface area contributed by atoms with Gasteiger partial charge in [0.05, 0.1) is 11.7 Å². The predicted octanol–water partition coefficient (Wildman–Crippen LogP) is 4.10. The largest absolute Gasteiger partial charge is 0.319 e. The van der Waals surface area contributed by atoms with Gasteiger partial charge >= 0.3 is 0 Å². The van der Waals surface area contributed by atoms with Crippen molar-refractivity contribution in [1.29, 1.82) is 0 Å². The molecule has 1 atom stereocenters. The molecule has 1 aromatic heterocycles. The molecule has 5 heteroatoms. The predicted molar refractivity (Wildman–Crippen MR) is 76.8 cm³/mol. The van der Waals surface area contributed by atoms with Gasteiger partial charge in [-0.2, -0.15) is 0 Å². The second-order valence-electron chi connectivity index (χ2n) is 4.00. The Labute approximate surface area is 122 Å². The Balaban J connectivity index is 2.44. The van der Waals surface area contributed by atoms with E-state index in [1.807, 2.05) is 13.0 Å². The molecule has 0 aliphatic carbocycles. The fraction of sp³-hybridized carbons (Fsp3) is 0.154. The summed E-state index contributed by atoms with van der Waals surface area (Å²) in [5, 5.41) is 0. The third-order valence-electron chi connectivity index (χ3n) is 2.70. The molecular formula is C13H11Br2FN2. The van der Waals surface area contributed by atoms with Crippen LogP contribution in [0.2, 0.25) is 0 Å². The molecule has 1 aromatic carbocycles. The molecule has 2 N–H and O–H groups in total. The lowest BCUT2D eigenvalue weighted by Crippen LogP contribution is -2.15. The zero-order chi connectivity index (χ0) is 13.3. The Morgan fingerprint density at radius 1 is 1.28 bits per heavy atom. The average Bonchev–Trinajstić information content (AvgIpc) is 2.28. The van der Waals surface area contributed by atoms with Crippen molar-refractivity contribution in [1.82, 2.24) is 4.98 Å². The second-order valence-corrected chi connectivity index (χ2v) is 5.77. The van der Waals surface area contributed by atoms with Crippen LogP contribution >= 0.6 is 31.9 Å². The van der Waals surface area contributed by atoms with E-state index in [0.29, 0.717) is 0 Å². The van der Waals surface area contributed by atoms with Crippen molar-refractivity contribution in [2.24, 2.45) is 5.73 Å². The quantitative estimate of drug-likeness (QED) is 0.860. The van der Waals surface area contributed by atoms with Gasteiger partial charge in [0.25, 0.3) is 0 Å². The van der Waals surface area contributed by atoms with Crippen LogP contribution in [0.15, 0.2) is 39.4 Å². The van der Waals surface area contributed by atoms with Crippen LogP contribution in [-0.2, 0) is 0 Å². The minimum absolute atomic E-state index is 0.258. The number of pyridine rings is 1. The maximum atomic E-state index is 13.1. The third-order valence-corrected chi connectivity index (χ3v) is 3.77. The molecule has 0 saturated carbocycles. The summed E-state index contributed by atoms with van der Waals surface area (Å²) in [6.07, 6.45) is 1.69. The molecule has 2 aromatic rings. The molecule has 0 spiro atoms. The number of hydrogen-bond acceptors (Lipinski definition) is 2. The highest BCUT2D eigenvalue weighted by atomic mass is 79.9. The van der Waals surface area contributed by atoms with Gasteiger partial charge in [0.1, 0.15) is 5.82 Å². The van der Waals surface area contributed by atoms with E-state index < -0.39 is 0 Å². The van der Waals surface area contributed by atoms with Crippen LogP contribution in [0.3, 0.4) is 0 Å². The van der Waals surface area contributed by atoms with Gasteiger partial charge in [0.15, 0.2) is 0 Å². The van der Waals surface area contributed by atoms with Crippen molar-refractivity contribution in [3.8, 4) is 0 Å². The number of benzene rings is 1. The monoisotopic (exact) mass is 372 g/mol. The Hall–Kier alpha value is -0.780. The third kappa shape index (κ3) is 2.79. The second kappa shape index (κ2) is 5.47. The fourth-order valence-corrected chi connectivity index (χ4v) is 3.02. The lowest BCUT2D eigenvalue weighted by Gasteiger charge is -2.15. The number of nitrogens with two attached hydrogens (primary N) is 1.